The topological polar surface area (TPSA) is 73.7 Å². The van der Waals surface area contributed by atoms with Gasteiger partial charge in [-0.3, -0.25) is 14.2 Å². The average molecular weight is 434 g/mol. The zero-order valence-corrected chi connectivity index (χ0v) is 18.3. The van der Waals surface area contributed by atoms with Crippen LogP contribution in [0.3, 0.4) is 0 Å². The molecule has 0 bridgehead atoms. The Morgan fingerprint density at radius 1 is 1.09 bits per heavy atom. The number of likely N-dealkylation sites (tertiary alicyclic amines) is 1. The van der Waals surface area contributed by atoms with Crippen molar-refractivity contribution in [1.29, 1.82) is 0 Å². The molecular weight excluding hydrogens is 406 g/mol. The molecule has 1 amide bonds. The molecule has 2 aliphatic rings. The first-order valence-electron chi connectivity index (χ1n) is 11.3. The second-order valence-corrected chi connectivity index (χ2v) is 8.41. The fraction of sp³-hybridized carbons (Fsp3) is 0.400. The van der Waals surface area contributed by atoms with Crippen LogP contribution in [0.25, 0.3) is 10.9 Å². The zero-order valence-electron chi connectivity index (χ0n) is 18.3. The Morgan fingerprint density at radius 2 is 1.91 bits per heavy atom. The molecule has 3 heterocycles. The highest BCUT2D eigenvalue weighted by Crippen LogP contribution is 2.38. The molecule has 1 fully saturated rings. The molecule has 3 aromatic rings. The molecule has 1 atom stereocenters. The molecule has 0 N–H and O–H groups in total. The fourth-order valence-corrected chi connectivity index (χ4v) is 4.65. The van der Waals surface area contributed by atoms with Gasteiger partial charge in [-0.1, -0.05) is 18.2 Å². The smallest absolute Gasteiger partial charge is 0.261 e. The van der Waals surface area contributed by atoms with Crippen LogP contribution in [0.5, 0.6) is 11.5 Å². The first-order chi connectivity index (χ1) is 15.6. The molecule has 2 aromatic carbocycles. The summed E-state index contributed by atoms with van der Waals surface area (Å²) in [4.78, 5) is 32.4. The standard InChI is InChI=1S/C25H27N3O4/c1-27-23(26-19-7-3-2-6-18(19)25(27)30)11-12-24(29)28-13-4-8-20(28)17-9-10-21-22(16-17)32-15-5-14-31-21/h2-3,6-7,9-10,16,20H,4-5,8,11-15H2,1H3/t20-/m0/s1. The molecule has 0 aliphatic carbocycles. The van der Waals surface area contributed by atoms with Crippen molar-refractivity contribution in [2.24, 2.45) is 7.05 Å². The van der Waals surface area contributed by atoms with Crippen molar-refractivity contribution in [3.05, 3.63) is 64.2 Å². The minimum absolute atomic E-state index is 0.0352. The number of ether oxygens (including phenoxy) is 2. The highest BCUT2D eigenvalue weighted by molar-refractivity contribution is 5.78. The summed E-state index contributed by atoms with van der Waals surface area (Å²) in [5.74, 6) is 2.25. The van der Waals surface area contributed by atoms with E-state index in [1.165, 1.54) is 0 Å². The monoisotopic (exact) mass is 433 g/mol. The fourth-order valence-electron chi connectivity index (χ4n) is 4.65. The van der Waals surface area contributed by atoms with E-state index in [9.17, 15) is 9.59 Å². The molecular formula is C25H27N3O4. The quantitative estimate of drug-likeness (QED) is 0.631. The molecule has 2 aliphatic heterocycles. The lowest BCUT2D eigenvalue weighted by molar-refractivity contribution is -0.132. The van der Waals surface area contributed by atoms with Gasteiger partial charge in [0.25, 0.3) is 5.56 Å². The van der Waals surface area contributed by atoms with Gasteiger partial charge in [0, 0.05) is 32.9 Å². The lowest BCUT2D eigenvalue weighted by Crippen LogP contribution is -2.31. The maximum Gasteiger partial charge on any atom is 0.261 e. The third kappa shape index (κ3) is 3.83. The van der Waals surface area contributed by atoms with Crippen LogP contribution in [-0.4, -0.2) is 40.1 Å². The molecule has 7 nitrogen and oxygen atoms in total. The number of hydrogen-bond acceptors (Lipinski definition) is 5. The number of aryl methyl sites for hydroxylation is 1. The van der Waals surface area contributed by atoms with Crippen LogP contribution in [0.1, 0.15) is 43.1 Å². The van der Waals surface area contributed by atoms with Crippen molar-refractivity contribution >= 4 is 16.8 Å². The van der Waals surface area contributed by atoms with Gasteiger partial charge in [-0.15, -0.1) is 0 Å². The molecule has 7 heteroatoms. The van der Waals surface area contributed by atoms with E-state index in [4.69, 9.17) is 9.47 Å². The van der Waals surface area contributed by atoms with E-state index in [2.05, 4.69) is 4.98 Å². The van der Waals surface area contributed by atoms with Crippen molar-refractivity contribution in [1.82, 2.24) is 14.5 Å². The van der Waals surface area contributed by atoms with Gasteiger partial charge in [0.05, 0.1) is 30.2 Å². The maximum atomic E-state index is 13.2. The van der Waals surface area contributed by atoms with Gasteiger partial charge < -0.3 is 14.4 Å². The lowest BCUT2D eigenvalue weighted by atomic mass is 10.0. The van der Waals surface area contributed by atoms with Crippen LogP contribution in [0.4, 0.5) is 0 Å². The first-order valence-corrected chi connectivity index (χ1v) is 11.3. The summed E-state index contributed by atoms with van der Waals surface area (Å²) in [7, 11) is 1.72. The lowest BCUT2D eigenvalue weighted by Gasteiger charge is -2.26. The highest BCUT2D eigenvalue weighted by atomic mass is 16.5. The largest absolute Gasteiger partial charge is 0.490 e. The van der Waals surface area contributed by atoms with Crippen molar-refractivity contribution in [3.8, 4) is 11.5 Å². The number of fused-ring (bicyclic) bond motifs is 2. The summed E-state index contributed by atoms with van der Waals surface area (Å²) in [6.45, 7) is 2.04. The molecule has 0 spiro atoms. The predicted octanol–water partition coefficient (Wildman–Crippen LogP) is 3.39. The van der Waals surface area contributed by atoms with Gasteiger partial charge in [-0.2, -0.15) is 0 Å². The molecule has 0 radical (unpaired) electrons. The Balaban J connectivity index is 1.33. The van der Waals surface area contributed by atoms with Crippen molar-refractivity contribution < 1.29 is 14.3 Å². The SMILES string of the molecule is Cn1c(CCC(=O)N2CCC[C@H]2c2ccc3c(c2)OCCCO3)nc2ccccc2c1=O. The second-order valence-electron chi connectivity index (χ2n) is 8.41. The number of hydrogen-bond donors (Lipinski definition) is 0. The number of carbonyl (C=O) groups is 1. The number of amides is 1. The van der Waals surface area contributed by atoms with Crippen LogP contribution in [0.2, 0.25) is 0 Å². The van der Waals surface area contributed by atoms with Crippen LogP contribution < -0.4 is 15.0 Å². The van der Waals surface area contributed by atoms with Gasteiger partial charge in [-0.25, -0.2) is 4.98 Å². The van der Waals surface area contributed by atoms with E-state index in [0.29, 0.717) is 42.8 Å². The summed E-state index contributed by atoms with van der Waals surface area (Å²) < 4.78 is 13.1. The Labute approximate surface area is 186 Å². The summed E-state index contributed by atoms with van der Waals surface area (Å²) >= 11 is 0. The Morgan fingerprint density at radius 3 is 2.78 bits per heavy atom. The van der Waals surface area contributed by atoms with Crippen molar-refractivity contribution in [2.75, 3.05) is 19.8 Å². The van der Waals surface area contributed by atoms with E-state index in [-0.39, 0.29) is 17.5 Å². The first kappa shape index (κ1) is 20.5. The van der Waals surface area contributed by atoms with Gasteiger partial charge in [0.15, 0.2) is 11.5 Å². The molecule has 5 rings (SSSR count). The van der Waals surface area contributed by atoms with E-state index < -0.39 is 0 Å². The number of nitrogens with zero attached hydrogens (tertiary/aromatic N) is 3. The molecule has 1 saturated heterocycles. The van der Waals surface area contributed by atoms with E-state index >= 15 is 0 Å². The minimum atomic E-state index is -0.0794. The van der Waals surface area contributed by atoms with Gasteiger partial charge >= 0.3 is 0 Å². The third-order valence-electron chi connectivity index (χ3n) is 6.37. The summed E-state index contributed by atoms with van der Waals surface area (Å²) in [5.41, 5.74) is 1.67. The number of rotatable bonds is 4. The summed E-state index contributed by atoms with van der Waals surface area (Å²) in [5, 5.41) is 0.596. The zero-order chi connectivity index (χ0) is 22.1. The Kier molecular flexibility index (Phi) is 5.55. The average Bonchev–Trinajstić information content (AvgIpc) is 3.19. The summed E-state index contributed by atoms with van der Waals surface area (Å²) in [6.07, 6.45) is 3.51. The van der Waals surface area contributed by atoms with Gasteiger partial charge in [0.2, 0.25) is 5.91 Å². The van der Waals surface area contributed by atoms with Crippen molar-refractivity contribution in [3.63, 3.8) is 0 Å². The summed E-state index contributed by atoms with van der Waals surface area (Å²) in [6, 6.07) is 13.4. The number of carbonyl (C=O) groups excluding carboxylic acids is 1. The number of para-hydroxylation sites is 1. The normalized spacial score (nSPS) is 18.0. The van der Waals surface area contributed by atoms with Gasteiger partial charge in [-0.05, 0) is 42.7 Å². The van der Waals surface area contributed by atoms with Crippen molar-refractivity contribution in [2.45, 2.75) is 38.1 Å². The molecule has 0 unspecified atom stereocenters. The third-order valence-corrected chi connectivity index (χ3v) is 6.37. The predicted molar refractivity (Wildman–Crippen MR) is 121 cm³/mol. The Hall–Kier alpha value is -3.35. The molecule has 32 heavy (non-hydrogen) atoms. The molecule has 0 saturated carbocycles. The Bertz CT molecular complexity index is 1220. The van der Waals surface area contributed by atoms with E-state index in [1.54, 1.807) is 17.7 Å². The van der Waals surface area contributed by atoms with Crippen LogP contribution in [0, 0.1) is 0 Å². The van der Waals surface area contributed by atoms with E-state index in [0.717, 1.165) is 42.9 Å². The van der Waals surface area contributed by atoms with E-state index in [1.807, 2.05) is 41.3 Å². The van der Waals surface area contributed by atoms with Crippen LogP contribution >= 0.6 is 0 Å². The van der Waals surface area contributed by atoms with Crippen LogP contribution in [-0.2, 0) is 18.3 Å². The highest BCUT2D eigenvalue weighted by Gasteiger charge is 2.30. The second kappa shape index (κ2) is 8.65. The molecule has 1 aromatic heterocycles. The van der Waals surface area contributed by atoms with Crippen LogP contribution in [0.15, 0.2) is 47.3 Å². The van der Waals surface area contributed by atoms with Gasteiger partial charge in [0.1, 0.15) is 5.82 Å². The molecule has 166 valence electrons. The minimum Gasteiger partial charge on any atom is -0.490 e. The number of aromatic nitrogens is 2. The maximum absolute atomic E-state index is 13.2. The number of benzene rings is 2.